The Labute approximate surface area is 182 Å². The summed E-state index contributed by atoms with van der Waals surface area (Å²) in [7, 11) is 0. The van der Waals surface area contributed by atoms with Gasteiger partial charge in [-0.1, -0.05) is 51.1 Å². The van der Waals surface area contributed by atoms with Crippen LogP contribution in [-0.2, 0) is 0 Å². The highest BCUT2D eigenvalue weighted by molar-refractivity contribution is 5.94. The molecule has 2 aliphatic carbocycles. The van der Waals surface area contributed by atoms with Gasteiger partial charge in [-0.25, -0.2) is 9.80 Å². The van der Waals surface area contributed by atoms with Crippen molar-refractivity contribution in [3.63, 3.8) is 0 Å². The summed E-state index contributed by atoms with van der Waals surface area (Å²) < 4.78 is 37.9. The van der Waals surface area contributed by atoms with Gasteiger partial charge in [0, 0.05) is 24.1 Å². The average molecular weight is 436 g/mol. The first-order chi connectivity index (χ1) is 14.5. The lowest BCUT2D eigenvalue weighted by Crippen LogP contribution is -2.50. The Morgan fingerprint density at radius 1 is 1.23 bits per heavy atom. The number of carbonyl (C=O) groups excluding carboxylic acids is 1. The van der Waals surface area contributed by atoms with E-state index in [0.717, 1.165) is 18.4 Å². The Balaban J connectivity index is 1.47. The van der Waals surface area contributed by atoms with Gasteiger partial charge in [0.25, 0.3) is 0 Å². The molecular weight excluding hydrogens is 403 g/mol. The van der Waals surface area contributed by atoms with E-state index < -0.39 is 12.6 Å². The number of rotatable bonds is 5. The molecule has 2 bridgehead atoms. The number of benzene rings is 1. The van der Waals surface area contributed by atoms with Crippen molar-refractivity contribution in [1.82, 2.24) is 10.3 Å². The first-order valence-electron chi connectivity index (χ1n) is 11.3. The van der Waals surface area contributed by atoms with Crippen LogP contribution in [0.4, 0.5) is 18.0 Å². The Morgan fingerprint density at radius 3 is 2.52 bits per heavy atom. The summed E-state index contributed by atoms with van der Waals surface area (Å²) in [6.45, 7) is 7.24. The van der Waals surface area contributed by atoms with Gasteiger partial charge in [-0.15, -0.1) is 0 Å². The van der Waals surface area contributed by atoms with E-state index in [4.69, 9.17) is 0 Å². The van der Waals surface area contributed by atoms with Crippen molar-refractivity contribution in [2.24, 2.45) is 21.8 Å². The van der Waals surface area contributed by atoms with Crippen LogP contribution in [0.2, 0.25) is 0 Å². The van der Waals surface area contributed by atoms with E-state index in [1.165, 1.54) is 11.4 Å². The molecule has 0 spiro atoms. The molecule has 2 saturated carbocycles. The highest BCUT2D eigenvalue weighted by Gasteiger charge is 2.61. The number of fused-ring (bicyclic) bond motifs is 2. The topological polar surface area (TPSA) is 44.7 Å². The number of hydrogen-bond donors (Lipinski definition) is 1. The summed E-state index contributed by atoms with van der Waals surface area (Å²) in [5, 5.41) is 9.15. The van der Waals surface area contributed by atoms with Gasteiger partial charge in [0.2, 0.25) is 0 Å². The third kappa shape index (κ3) is 4.08. The van der Waals surface area contributed by atoms with E-state index >= 15 is 0 Å². The maximum atomic E-state index is 13.1. The monoisotopic (exact) mass is 435 g/mol. The fourth-order valence-corrected chi connectivity index (χ4v) is 6.00. The molecule has 1 aliphatic heterocycles. The lowest BCUT2D eigenvalue weighted by molar-refractivity contribution is -0.135. The molecule has 0 radical (unpaired) electrons. The predicted molar refractivity (Wildman–Crippen MR) is 115 cm³/mol. The zero-order chi connectivity index (χ0) is 22.4. The summed E-state index contributed by atoms with van der Waals surface area (Å²) >= 11 is 0. The second-order valence-electron chi connectivity index (χ2n) is 10.2. The molecule has 170 valence electrons. The largest absolute Gasteiger partial charge is 0.389 e. The third-order valence-electron chi connectivity index (χ3n) is 8.43. The van der Waals surface area contributed by atoms with Gasteiger partial charge >= 0.3 is 12.2 Å². The summed E-state index contributed by atoms with van der Waals surface area (Å²) in [6.07, 6.45) is -1.51. The molecule has 1 aromatic rings. The number of nitrogens with one attached hydrogen (secondary N) is 1. The van der Waals surface area contributed by atoms with Gasteiger partial charge in [-0.05, 0) is 54.4 Å². The smallest absolute Gasteiger partial charge is 0.333 e. The van der Waals surface area contributed by atoms with E-state index in [1.807, 2.05) is 30.3 Å². The highest BCUT2D eigenvalue weighted by Crippen LogP contribution is 2.65. The van der Waals surface area contributed by atoms with E-state index in [9.17, 15) is 18.0 Å². The SMILES string of the molecule is CC1(C)[C@H]2CC[C@@]1(C)[C@@H](NC(=O)N1CC(c3ccccc3)C(CCCC(F)(F)F)=N1)C2. The van der Waals surface area contributed by atoms with Gasteiger partial charge in [0.05, 0.1) is 6.54 Å². The Hall–Kier alpha value is -2.05. The van der Waals surface area contributed by atoms with Crippen LogP contribution in [0, 0.1) is 16.7 Å². The molecule has 7 heteroatoms. The molecule has 2 fully saturated rings. The first-order valence-corrected chi connectivity index (χ1v) is 11.3. The standard InChI is InChI=1S/C24H32F3N3O/c1-22(2)17-11-13-23(22,3)20(14-17)28-21(31)30-15-18(16-8-5-4-6-9-16)19(29-30)10-7-12-24(25,26)27/h4-6,8-9,17-18,20H,7,10-15H2,1-3H3,(H,28,31)/t17-,18?,20-,23-/m0/s1. The molecule has 1 N–H and O–H groups in total. The molecule has 4 nitrogen and oxygen atoms in total. The van der Waals surface area contributed by atoms with Crippen molar-refractivity contribution in [3.8, 4) is 0 Å². The number of carbonyl (C=O) groups is 1. The van der Waals surface area contributed by atoms with Crippen LogP contribution in [-0.4, -0.2) is 35.5 Å². The molecule has 1 unspecified atom stereocenters. The van der Waals surface area contributed by atoms with Crippen molar-refractivity contribution in [2.75, 3.05) is 6.54 Å². The molecule has 4 rings (SSSR count). The maximum Gasteiger partial charge on any atom is 0.389 e. The lowest BCUT2D eigenvalue weighted by atomic mass is 9.69. The quantitative estimate of drug-likeness (QED) is 0.597. The highest BCUT2D eigenvalue weighted by atomic mass is 19.4. The van der Waals surface area contributed by atoms with E-state index in [1.54, 1.807) is 0 Å². The maximum absolute atomic E-state index is 13.1. The van der Waals surface area contributed by atoms with Gasteiger partial charge < -0.3 is 5.32 Å². The van der Waals surface area contributed by atoms with Gasteiger partial charge in [0.15, 0.2) is 0 Å². The van der Waals surface area contributed by atoms with Crippen LogP contribution < -0.4 is 5.32 Å². The van der Waals surface area contributed by atoms with Gasteiger partial charge in [-0.2, -0.15) is 18.3 Å². The summed E-state index contributed by atoms with van der Waals surface area (Å²) in [6, 6.07) is 9.49. The molecule has 0 aromatic heterocycles. The number of hydrogen-bond acceptors (Lipinski definition) is 2. The molecule has 31 heavy (non-hydrogen) atoms. The average Bonchev–Trinajstić information content (AvgIpc) is 3.27. The minimum absolute atomic E-state index is 0.0162. The van der Waals surface area contributed by atoms with E-state index in [2.05, 4.69) is 31.2 Å². The molecule has 0 saturated heterocycles. The zero-order valence-corrected chi connectivity index (χ0v) is 18.5. The number of halogens is 3. The van der Waals surface area contributed by atoms with Crippen LogP contribution in [0.3, 0.4) is 0 Å². The summed E-state index contributed by atoms with van der Waals surface area (Å²) in [5.41, 5.74) is 1.89. The number of nitrogens with zero attached hydrogens (tertiary/aromatic N) is 2. The van der Waals surface area contributed by atoms with Crippen LogP contribution in [0.1, 0.15) is 70.8 Å². The predicted octanol–water partition coefficient (Wildman–Crippen LogP) is 6.10. The molecular formula is C24H32F3N3O. The minimum Gasteiger partial charge on any atom is -0.333 e. The number of hydrazone groups is 1. The van der Waals surface area contributed by atoms with Crippen molar-refractivity contribution >= 4 is 11.7 Å². The van der Waals surface area contributed by atoms with Crippen molar-refractivity contribution in [1.29, 1.82) is 0 Å². The Morgan fingerprint density at radius 2 is 1.94 bits per heavy atom. The summed E-state index contributed by atoms with van der Waals surface area (Å²) in [5.74, 6) is 0.451. The van der Waals surface area contributed by atoms with Gasteiger partial charge in [-0.3, -0.25) is 0 Å². The normalized spacial score (nSPS) is 31.7. The Bertz CT molecular complexity index is 851. The second-order valence-corrected chi connectivity index (χ2v) is 10.2. The van der Waals surface area contributed by atoms with Gasteiger partial charge in [0.1, 0.15) is 0 Å². The molecule has 2 amide bonds. The number of urea groups is 1. The first kappa shape index (κ1) is 22.2. The van der Waals surface area contributed by atoms with Crippen LogP contribution in [0.15, 0.2) is 35.4 Å². The molecule has 3 aliphatic rings. The van der Waals surface area contributed by atoms with Crippen LogP contribution in [0.5, 0.6) is 0 Å². The fraction of sp³-hybridized carbons (Fsp3) is 0.667. The zero-order valence-electron chi connectivity index (χ0n) is 18.5. The molecule has 1 aromatic carbocycles. The van der Waals surface area contributed by atoms with E-state index in [-0.39, 0.29) is 41.7 Å². The summed E-state index contributed by atoms with van der Waals surface area (Å²) in [4.78, 5) is 13.1. The minimum atomic E-state index is -4.18. The van der Waals surface area contributed by atoms with E-state index in [0.29, 0.717) is 18.2 Å². The Kier molecular flexibility index (Phi) is 5.59. The van der Waals surface area contributed by atoms with Crippen molar-refractivity contribution in [3.05, 3.63) is 35.9 Å². The fourth-order valence-electron chi connectivity index (χ4n) is 6.00. The second kappa shape index (κ2) is 7.82. The van der Waals surface area contributed by atoms with Crippen LogP contribution >= 0.6 is 0 Å². The van der Waals surface area contributed by atoms with Crippen LogP contribution in [0.25, 0.3) is 0 Å². The van der Waals surface area contributed by atoms with Crippen molar-refractivity contribution in [2.45, 2.75) is 77.4 Å². The lowest BCUT2D eigenvalue weighted by Gasteiger charge is -2.39. The third-order valence-corrected chi connectivity index (χ3v) is 8.43. The van der Waals surface area contributed by atoms with Crippen molar-refractivity contribution < 1.29 is 18.0 Å². The molecule has 1 heterocycles. The molecule has 4 atom stereocenters. The number of amides is 2. The number of alkyl halides is 3.